The molecule has 0 saturated carbocycles. The van der Waals surface area contributed by atoms with Crippen molar-refractivity contribution in [2.24, 2.45) is 0 Å². The van der Waals surface area contributed by atoms with E-state index in [9.17, 15) is 4.79 Å². The number of halogens is 1. The normalized spacial score (nSPS) is 12.2. The van der Waals surface area contributed by atoms with Gasteiger partial charge in [0.05, 0.1) is 11.4 Å². The highest BCUT2D eigenvalue weighted by Gasteiger charge is 2.13. The third kappa shape index (κ3) is 3.75. The summed E-state index contributed by atoms with van der Waals surface area (Å²) in [6, 6.07) is 13.4. The number of carbonyl (C=O) groups excluding carboxylic acids is 1. The zero-order chi connectivity index (χ0) is 15.4. The summed E-state index contributed by atoms with van der Waals surface area (Å²) in [5, 5.41) is 2.89. The summed E-state index contributed by atoms with van der Waals surface area (Å²) in [4.78, 5) is 11.9. The maximum atomic E-state index is 11.9. The molecular weight excluding hydrogens is 366 g/mol. The summed E-state index contributed by atoms with van der Waals surface area (Å²) in [6.45, 7) is 0.278. The van der Waals surface area contributed by atoms with Crippen LogP contribution in [0.3, 0.4) is 0 Å². The number of ether oxygens (including phenoxy) is 2. The first-order valence-corrected chi connectivity index (χ1v) is 8.68. The van der Waals surface area contributed by atoms with Crippen molar-refractivity contribution in [1.29, 1.82) is 0 Å². The molecule has 1 heterocycles. The third-order valence-electron chi connectivity index (χ3n) is 3.09. The van der Waals surface area contributed by atoms with Gasteiger partial charge in [-0.25, -0.2) is 0 Å². The minimum absolute atomic E-state index is 0.0161. The molecule has 1 aliphatic heterocycles. The van der Waals surface area contributed by atoms with Crippen molar-refractivity contribution in [3.63, 3.8) is 0 Å². The Labute approximate surface area is 141 Å². The number of amides is 1. The molecule has 0 aliphatic carbocycles. The van der Waals surface area contributed by atoms with E-state index in [0.29, 0.717) is 5.75 Å². The Hall–Kier alpha value is -1.66. The summed E-state index contributed by atoms with van der Waals surface area (Å²) in [6.07, 6.45) is 0. The van der Waals surface area contributed by atoms with E-state index in [-0.39, 0.29) is 12.7 Å². The summed E-state index contributed by atoms with van der Waals surface area (Å²) >= 11 is 4.97. The third-order valence-corrected chi connectivity index (χ3v) is 4.78. The van der Waals surface area contributed by atoms with Crippen LogP contribution in [0.2, 0.25) is 0 Å². The smallest absolute Gasteiger partial charge is 0.234 e. The molecule has 0 atom stereocenters. The molecule has 114 valence electrons. The van der Waals surface area contributed by atoms with Gasteiger partial charge < -0.3 is 14.8 Å². The molecular formula is C16H14BrNO3S. The number of carbonyl (C=O) groups is 1. The van der Waals surface area contributed by atoms with Gasteiger partial charge in [0.1, 0.15) is 0 Å². The van der Waals surface area contributed by atoms with Crippen molar-refractivity contribution >= 4 is 39.3 Å². The van der Waals surface area contributed by atoms with Gasteiger partial charge in [-0.15, -0.1) is 11.8 Å². The molecule has 0 unspecified atom stereocenters. The number of hydrogen-bond donors (Lipinski definition) is 1. The van der Waals surface area contributed by atoms with E-state index in [1.54, 1.807) is 11.8 Å². The number of benzene rings is 2. The molecule has 0 aromatic heterocycles. The van der Waals surface area contributed by atoms with E-state index in [4.69, 9.17) is 9.47 Å². The molecule has 0 bridgehead atoms. The number of nitrogens with one attached hydrogen (secondary N) is 1. The van der Waals surface area contributed by atoms with Crippen molar-refractivity contribution in [2.45, 2.75) is 5.75 Å². The molecule has 1 N–H and O–H groups in total. The summed E-state index contributed by atoms with van der Waals surface area (Å²) in [5.74, 6) is 2.68. The van der Waals surface area contributed by atoms with Gasteiger partial charge in [0.15, 0.2) is 11.5 Å². The standard InChI is InChI=1S/C16H14BrNO3S/c17-12-3-1-2-4-13(12)18-16(19)9-22-8-11-5-6-14-15(7-11)21-10-20-14/h1-7H,8-10H2,(H,18,19). The zero-order valence-corrected chi connectivity index (χ0v) is 14.1. The fourth-order valence-corrected chi connectivity index (χ4v) is 3.20. The average molecular weight is 380 g/mol. The first kappa shape index (κ1) is 15.2. The monoisotopic (exact) mass is 379 g/mol. The van der Waals surface area contributed by atoms with Crippen LogP contribution in [0.1, 0.15) is 5.56 Å². The number of anilines is 1. The fourth-order valence-electron chi connectivity index (χ4n) is 2.04. The maximum Gasteiger partial charge on any atom is 0.234 e. The highest BCUT2D eigenvalue weighted by atomic mass is 79.9. The Kier molecular flexibility index (Phi) is 4.90. The van der Waals surface area contributed by atoms with E-state index in [0.717, 1.165) is 33.0 Å². The van der Waals surface area contributed by atoms with Gasteiger partial charge in [0.25, 0.3) is 0 Å². The number of para-hydroxylation sites is 1. The Morgan fingerprint density at radius 2 is 2.00 bits per heavy atom. The quantitative estimate of drug-likeness (QED) is 0.850. The Bertz CT molecular complexity index is 693. The van der Waals surface area contributed by atoms with Crippen molar-refractivity contribution in [2.75, 3.05) is 17.9 Å². The molecule has 22 heavy (non-hydrogen) atoms. The van der Waals surface area contributed by atoms with Gasteiger partial charge in [0.2, 0.25) is 12.7 Å². The predicted molar refractivity (Wildman–Crippen MR) is 91.5 cm³/mol. The first-order valence-electron chi connectivity index (χ1n) is 6.73. The van der Waals surface area contributed by atoms with Crippen LogP contribution in [-0.2, 0) is 10.5 Å². The zero-order valence-electron chi connectivity index (χ0n) is 11.7. The number of fused-ring (bicyclic) bond motifs is 1. The molecule has 0 saturated heterocycles. The molecule has 4 nitrogen and oxygen atoms in total. The van der Waals surface area contributed by atoms with Gasteiger partial charge >= 0.3 is 0 Å². The van der Waals surface area contributed by atoms with Crippen LogP contribution in [0.4, 0.5) is 5.69 Å². The molecule has 2 aromatic rings. The summed E-state index contributed by atoms with van der Waals surface area (Å²) < 4.78 is 11.5. The number of thioether (sulfide) groups is 1. The minimum atomic E-state index is -0.0161. The van der Waals surface area contributed by atoms with E-state index in [1.807, 2.05) is 42.5 Å². The van der Waals surface area contributed by atoms with E-state index >= 15 is 0 Å². The molecule has 1 amide bonds. The summed E-state index contributed by atoms with van der Waals surface area (Å²) in [5.41, 5.74) is 1.90. The lowest BCUT2D eigenvalue weighted by Crippen LogP contribution is -2.14. The second-order valence-electron chi connectivity index (χ2n) is 4.71. The molecule has 1 aliphatic rings. The van der Waals surface area contributed by atoms with Gasteiger partial charge in [-0.1, -0.05) is 18.2 Å². The predicted octanol–water partition coefficient (Wildman–Crippen LogP) is 4.05. The maximum absolute atomic E-state index is 11.9. The highest BCUT2D eigenvalue weighted by molar-refractivity contribution is 9.10. The Morgan fingerprint density at radius 1 is 1.18 bits per heavy atom. The van der Waals surface area contributed by atoms with Gasteiger partial charge in [-0.3, -0.25) is 4.79 Å². The number of rotatable bonds is 5. The number of hydrogen-bond acceptors (Lipinski definition) is 4. The molecule has 3 rings (SSSR count). The van der Waals surface area contributed by atoms with E-state index < -0.39 is 0 Å². The van der Waals surface area contributed by atoms with Gasteiger partial charge in [-0.05, 0) is 45.8 Å². The lowest BCUT2D eigenvalue weighted by Gasteiger charge is -2.07. The van der Waals surface area contributed by atoms with Crippen molar-refractivity contribution in [1.82, 2.24) is 0 Å². The SMILES string of the molecule is O=C(CSCc1ccc2c(c1)OCO2)Nc1ccccc1Br. The first-order chi connectivity index (χ1) is 10.7. The Morgan fingerprint density at radius 3 is 2.86 bits per heavy atom. The largest absolute Gasteiger partial charge is 0.454 e. The van der Waals surface area contributed by atoms with Crippen LogP contribution in [0.25, 0.3) is 0 Å². The molecule has 0 spiro atoms. The average Bonchev–Trinajstić information content (AvgIpc) is 2.97. The lowest BCUT2D eigenvalue weighted by molar-refractivity contribution is -0.113. The second-order valence-corrected chi connectivity index (χ2v) is 6.55. The highest BCUT2D eigenvalue weighted by Crippen LogP contribution is 2.33. The van der Waals surface area contributed by atoms with Crippen molar-refractivity contribution in [3.8, 4) is 11.5 Å². The Balaban J connectivity index is 1.49. The van der Waals surface area contributed by atoms with Crippen molar-refractivity contribution in [3.05, 3.63) is 52.5 Å². The van der Waals surface area contributed by atoms with Crippen LogP contribution in [0.5, 0.6) is 11.5 Å². The summed E-state index contributed by atoms with van der Waals surface area (Å²) in [7, 11) is 0. The van der Waals surface area contributed by atoms with Crippen LogP contribution >= 0.6 is 27.7 Å². The topological polar surface area (TPSA) is 47.6 Å². The second kappa shape index (κ2) is 7.07. The van der Waals surface area contributed by atoms with Crippen molar-refractivity contribution < 1.29 is 14.3 Å². The van der Waals surface area contributed by atoms with E-state index in [1.165, 1.54) is 0 Å². The van der Waals surface area contributed by atoms with Crippen LogP contribution < -0.4 is 14.8 Å². The molecule has 2 aromatic carbocycles. The van der Waals surface area contributed by atoms with Crippen LogP contribution in [0.15, 0.2) is 46.9 Å². The lowest BCUT2D eigenvalue weighted by atomic mass is 10.2. The molecule has 0 radical (unpaired) electrons. The van der Waals surface area contributed by atoms with Crippen LogP contribution in [0, 0.1) is 0 Å². The van der Waals surface area contributed by atoms with Crippen LogP contribution in [-0.4, -0.2) is 18.5 Å². The molecule has 6 heteroatoms. The van der Waals surface area contributed by atoms with Gasteiger partial charge in [-0.2, -0.15) is 0 Å². The fraction of sp³-hybridized carbons (Fsp3) is 0.188. The minimum Gasteiger partial charge on any atom is -0.454 e. The van der Waals surface area contributed by atoms with E-state index in [2.05, 4.69) is 21.2 Å². The molecule has 0 fully saturated rings. The van der Waals surface area contributed by atoms with Gasteiger partial charge in [0, 0.05) is 10.2 Å².